The molecule has 1 aliphatic heterocycles. The van der Waals surface area contributed by atoms with Crippen LogP contribution in [-0.2, 0) is 22.3 Å². The summed E-state index contributed by atoms with van der Waals surface area (Å²) in [5.74, 6) is 0.732. The Morgan fingerprint density at radius 1 is 1.36 bits per heavy atom. The maximum absolute atomic E-state index is 13.3. The molecule has 1 amide bonds. The second kappa shape index (κ2) is 10.7. The zero-order valence-corrected chi connectivity index (χ0v) is 17.6. The van der Waals surface area contributed by atoms with Gasteiger partial charge in [0.05, 0.1) is 6.61 Å². The number of halogens is 1. The summed E-state index contributed by atoms with van der Waals surface area (Å²) in [6.07, 6.45) is 3.26. The molecule has 0 saturated carbocycles. The van der Waals surface area contributed by atoms with Crippen molar-refractivity contribution in [2.75, 3.05) is 38.3 Å². The van der Waals surface area contributed by atoms with Gasteiger partial charge in [0.25, 0.3) is 0 Å². The molecule has 158 valence electrons. The fraction of sp³-hybridized carbons (Fsp3) is 0.714. The number of amides is 1. The van der Waals surface area contributed by atoms with E-state index in [1.54, 1.807) is 4.90 Å². The van der Waals surface area contributed by atoms with E-state index in [-0.39, 0.29) is 12.7 Å². The summed E-state index contributed by atoms with van der Waals surface area (Å²) in [6.45, 7) is 7.44. The van der Waals surface area contributed by atoms with Crippen LogP contribution in [0.25, 0.3) is 0 Å². The van der Waals surface area contributed by atoms with Gasteiger partial charge in [0, 0.05) is 25.9 Å². The van der Waals surface area contributed by atoms with Gasteiger partial charge in [0.2, 0.25) is 0 Å². The van der Waals surface area contributed by atoms with Crippen molar-refractivity contribution in [3.05, 3.63) is 23.4 Å². The molecule has 0 spiro atoms. The predicted molar refractivity (Wildman–Crippen MR) is 109 cm³/mol. The lowest BCUT2D eigenvalue weighted by atomic mass is 10.0. The number of hydrogen-bond donors (Lipinski definition) is 1. The molecule has 28 heavy (non-hydrogen) atoms. The number of pyridine rings is 1. The normalized spacial score (nSPS) is 15.2. The van der Waals surface area contributed by atoms with Crippen LogP contribution >= 0.6 is 0 Å². The smallest absolute Gasteiger partial charge is 0.416 e. The van der Waals surface area contributed by atoms with Gasteiger partial charge < -0.3 is 14.8 Å². The lowest BCUT2D eigenvalue weighted by Gasteiger charge is -2.31. The SMILES string of the molecule is COC[C@@H](F)CNCCCCc1ccc2c(n1)N(C(=O)OC(C)(C)C)CCC2. The third kappa shape index (κ3) is 7.36. The largest absolute Gasteiger partial charge is 0.443 e. The third-order valence-corrected chi connectivity index (χ3v) is 4.46. The van der Waals surface area contributed by atoms with Gasteiger partial charge in [-0.1, -0.05) is 6.07 Å². The van der Waals surface area contributed by atoms with E-state index in [0.29, 0.717) is 13.1 Å². The molecule has 1 aliphatic rings. The number of ether oxygens (including phenoxy) is 2. The van der Waals surface area contributed by atoms with Crippen LogP contribution in [0.4, 0.5) is 15.0 Å². The van der Waals surface area contributed by atoms with Gasteiger partial charge in [-0.05, 0) is 71.0 Å². The van der Waals surface area contributed by atoms with E-state index in [1.165, 1.54) is 7.11 Å². The minimum absolute atomic E-state index is 0.125. The van der Waals surface area contributed by atoms with Gasteiger partial charge in [0.15, 0.2) is 0 Å². The number of anilines is 1. The van der Waals surface area contributed by atoms with Crippen LogP contribution in [0, 0.1) is 0 Å². The van der Waals surface area contributed by atoms with Crippen molar-refractivity contribution in [1.29, 1.82) is 0 Å². The van der Waals surface area contributed by atoms with Gasteiger partial charge in [0.1, 0.15) is 17.6 Å². The summed E-state index contributed by atoms with van der Waals surface area (Å²) >= 11 is 0. The Hall–Kier alpha value is -1.73. The molecule has 7 heteroatoms. The minimum Gasteiger partial charge on any atom is -0.443 e. The standard InChI is InChI=1S/C21H34FN3O3/c1-21(2,3)28-20(26)25-13-7-8-16-10-11-18(24-19(16)25)9-5-6-12-23-14-17(22)15-27-4/h10-11,17,23H,5-9,12-15H2,1-4H3/t17-/m0/s1. The molecule has 0 unspecified atom stereocenters. The second-order valence-corrected chi connectivity index (χ2v) is 8.23. The molecule has 0 bridgehead atoms. The van der Waals surface area contributed by atoms with Crippen LogP contribution in [0.2, 0.25) is 0 Å². The van der Waals surface area contributed by atoms with Crippen LogP contribution in [0.15, 0.2) is 12.1 Å². The highest BCUT2D eigenvalue weighted by Gasteiger charge is 2.28. The van der Waals surface area contributed by atoms with Crippen molar-refractivity contribution in [1.82, 2.24) is 10.3 Å². The third-order valence-electron chi connectivity index (χ3n) is 4.46. The maximum Gasteiger partial charge on any atom is 0.416 e. The highest BCUT2D eigenvalue weighted by atomic mass is 19.1. The molecule has 0 aliphatic carbocycles. The molecule has 0 fully saturated rings. The number of nitrogens with one attached hydrogen (secondary N) is 1. The Balaban J connectivity index is 1.85. The van der Waals surface area contributed by atoms with Crippen molar-refractivity contribution in [2.45, 2.75) is 64.6 Å². The molecular formula is C21H34FN3O3. The van der Waals surface area contributed by atoms with E-state index in [2.05, 4.69) is 11.4 Å². The molecule has 1 aromatic heterocycles. The summed E-state index contributed by atoms with van der Waals surface area (Å²) in [5.41, 5.74) is 1.54. The minimum atomic E-state index is -0.967. The second-order valence-electron chi connectivity index (χ2n) is 8.23. The van der Waals surface area contributed by atoms with Crippen LogP contribution in [0.5, 0.6) is 0 Å². The number of aromatic nitrogens is 1. The van der Waals surface area contributed by atoms with Crippen LogP contribution in [0.3, 0.4) is 0 Å². The van der Waals surface area contributed by atoms with E-state index >= 15 is 0 Å². The first kappa shape index (κ1) is 22.6. The van der Waals surface area contributed by atoms with Gasteiger partial charge >= 0.3 is 6.09 Å². The number of unbranched alkanes of at least 4 members (excludes halogenated alkanes) is 1. The van der Waals surface area contributed by atoms with E-state index in [4.69, 9.17) is 14.5 Å². The highest BCUT2D eigenvalue weighted by molar-refractivity contribution is 5.88. The van der Waals surface area contributed by atoms with Crippen LogP contribution in [0.1, 0.15) is 51.3 Å². The van der Waals surface area contributed by atoms with Crippen molar-refractivity contribution in [3.8, 4) is 0 Å². The number of carbonyl (C=O) groups excluding carboxylic acids is 1. The molecule has 2 rings (SSSR count). The van der Waals surface area contributed by atoms with Crippen molar-refractivity contribution >= 4 is 11.9 Å². The Morgan fingerprint density at radius 3 is 2.86 bits per heavy atom. The molecule has 6 nitrogen and oxygen atoms in total. The van der Waals surface area contributed by atoms with E-state index < -0.39 is 11.8 Å². The fourth-order valence-corrected chi connectivity index (χ4v) is 3.17. The van der Waals surface area contributed by atoms with Crippen molar-refractivity contribution < 1.29 is 18.7 Å². The summed E-state index contributed by atoms with van der Waals surface area (Å²) < 4.78 is 23.6. The Morgan fingerprint density at radius 2 is 2.14 bits per heavy atom. The number of nitrogens with zero attached hydrogens (tertiary/aromatic N) is 2. The lowest BCUT2D eigenvalue weighted by molar-refractivity contribution is 0.0576. The first-order valence-electron chi connectivity index (χ1n) is 10.1. The Bertz CT molecular complexity index is 634. The maximum atomic E-state index is 13.3. The molecular weight excluding hydrogens is 361 g/mol. The molecule has 2 heterocycles. The van der Waals surface area contributed by atoms with E-state index in [0.717, 1.165) is 55.7 Å². The molecule has 0 radical (unpaired) electrons. The van der Waals surface area contributed by atoms with Crippen molar-refractivity contribution in [2.24, 2.45) is 0 Å². The highest BCUT2D eigenvalue weighted by Crippen LogP contribution is 2.27. The van der Waals surface area contributed by atoms with Gasteiger partial charge in [-0.15, -0.1) is 0 Å². The van der Waals surface area contributed by atoms with Crippen LogP contribution < -0.4 is 10.2 Å². The monoisotopic (exact) mass is 395 g/mol. The zero-order valence-electron chi connectivity index (χ0n) is 17.6. The number of alkyl halides is 1. The molecule has 1 atom stereocenters. The Labute approximate surface area is 167 Å². The quantitative estimate of drug-likeness (QED) is 0.647. The molecule has 1 aromatic rings. The fourth-order valence-electron chi connectivity index (χ4n) is 3.17. The predicted octanol–water partition coefficient (Wildman–Crippen LogP) is 3.67. The molecule has 0 saturated heterocycles. The number of carbonyl (C=O) groups is 1. The summed E-state index contributed by atoms with van der Waals surface area (Å²) in [6, 6.07) is 4.12. The van der Waals surface area contributed by atoms with Gasteiger partial charge in [-0.25, -0.2) is 14.2 Å². The van der Waals surface area contributed by atoms with E-state index in [1.807, 2.05) is 26.8 Å². The molecule has 1 N–H and O–H groups in total. The number of aryl methyl sites for hydroxylation is 2. The van der Waals surface area contributed by atoms with E-state index in [9.17, 15) is 9.18 Å². The van der Waals surface area contributed by atoms with Crippen LogP contribution in [-0.4, -0.2) is 56.2 Å². The van der Waals surface area contributed by atoms with Gasteiger partial charge in [-0.3, -0.25) is 4.90 Å². The topological polar surface area (TPSA) is 63.7 Å². The number of hydrogen-bond acceptors (Lipinski definition) is 5. The van der Waals surface area contributed by atoms with Crippen molar-refractivity contribution in [3.63, 3.8) is 0 Å². The average Bonchev–Trinajstić information content (AvgIpc) is 2.62. The number of rotatable bonds is 9. The summed E-state index contributed by atoms with van der Waals surface area (Å²) in [4.78, 5) is 18.9. The summed E-state index contributed by atoms with van der Waals surface area (Å²) in [5, 5.41) is 3.11. The number of methoxy groups -OCH3 is 1. The Kier molecular flexibility index (Phi) is 8.63. The molecule has 0 aromatic carbocycles. The van der Waals surface area contributed by atoms with Gasteiger partial charge in [-0.2, -0.15) is 0 Å². The lowest BCUT2D eigenvalue weighted by Crippen LogP contribution is -2.40. The first-order valence-corrected chi connectivity index (χ1v) is 10.1. The number of fused-ring (bicyclic) bond motifs is 1. The average molecular weight is 396 g/mol. The zero-order chi connectivity index (χ0) is 20.6. The summed E-state index contributed by atoms with van der Waals surface area (Å²) in [7, 11) is 1.50. The first-order chi connectivity index (χ1) is 13.3.